The summed E-state index contributed by atoms with van der Waals surface area (Å²) in [6, 6.07) is 12.7. The average molecular weight is 614 g/mol. The fourth-order valence-electron chi connectivity index (χ4n) is 3.28. The monoisotopic (exact) mass is 613 g/mol. The molecule has 0 fully saturated rings. The molecule has 0 aliphatic carbocycles. The molecule has 7 nitrogen and oxygen atoms in total. The molecule has 3 rings (SSSR count). The van der Waals surface area contributed by atoms with E-state index >= 15 is 0 Å². The zero-order chi connectivity index (χ0) is 25.1. The van der Waals surface area contributed by atoms with Crippen LogP contribution in [0.15, 0.2) is 47.8 Å². The standard InChI is InChI=1S/C24H28IN3O4S2/c1-15-12-18(32-5)10-11-19(15)21-14-33-22(26-21)20(27-23(29)24(2,3)4)13-16-6-8-17(9-7-16)28-34(25,30)31/h6-12,14,20,28H,13H2,1-5H3,(H,27,29)/t20-/m0/s1. The van der Waals surface area contributed by atoms with Gasteiger partial charge in [-0.15, -0.1) is 11.3 Å². The Kier molecular flexibility index (Phi) is 8.25. The number of anilines is 1. The lowest BCUT2D eigenvalue weighted by molar-refractivity contribution is -0.129. The highest BCUT2D eigenvalue weighted by molar-refractivity contribution is 14.2. The molecule has 0 saturated heterocycles. The van der Waals surface area contributed by atoms with Crippen molar-refractivity contribution in [3.05, 3.63) is 64.0 Å². The first kappa shape index (κ1) is 26.4. The van der Waals surface area contributed by atoms with Gasteiger partial charge in [0.1, 0.15) is 10.8 Å². The molecule has 1 amide bonds. The molecule has 0 aliphatic heterocycles. The summed E-state index contributed by atoms with van der Waals surface area (Å²) >= 11 is 2.85. The zero-order valence-corrected chi connectivity index (χ0v) is 23.5. The summed E-state index contributed by atoms with van der Waals surface area (Å²) in [5.74, 6) is 0.726. The zero-order valence-electron chi connectivity index (χ0n) is 19.7. The second-order valence-corrected chi connectivity index (χ2v) is 14.4. The van der Waals surface area contributed by atoms with E-state index < -0.39 is 12.6 Å². The van der Waals surface area contributed by atoms with Gasteiger partial charge >= 0.3 is 0 Å². The molecular weight excluding hydrogens is 585 g/mol. The number of nitrogens with one attached hydrogen (secondary N) is 2. The number of carbonyl (C=O) groups is 1. The molecule has 2 N–H and O–H groups in total. The predicted octanol–water partition coefficient (Wildman–Crippen LogP) is 5.66. The minimum absolute atomic E-state index is 0.0656. The molecule has 0 spiro atoms. The number of ether oxygens (including phenoxy) is 1. The lowest BCUT2D eigenvalue weighted by atomic mass is 9.94. The Morgan fingerprint density at radius 2 is 1.85 bits per heavy atom. The van der Waals surface area contributed by atoms with E-state index in [2.05, 4.69) is 10.0 Å². The minimum Gasteiger partial charge on any atom is -0.497 e. The Hall–Kier alpha value is -2.18. The first-order valence-electron chi connectivity index (χ1n) is 10.6. The fourth-order valence-corrected chi connectivity index (χ4v) is 5.33. The second kappa shape index (κ2) is 10.6. The van der Waals surface area contributed by atoms with Crippen LogP contribution in [-0.4, -0.2) is 26.4 Å². The molecule has 0 unspecified atom stereocenters. The Bertz CT molecular complexity index is 1270. The van der Waals surface area contributed by atoms with Gasteiger partial charge in [-0.2, -0.15) is 8.42 Å². The second-order valence-electron chi connectivity index (χ2n) is 8.97. The van der Waals surface area contributed by atoms with Crippen LogP contribution < -0.4 is 14.8 Å². The summed E-state index contributed by atoms with van der Waals surface area (Å²) in [4.78, 5) is 17.7. The SMILES string of the molecule is COc1ccc(-c2csc([C@H](Cc3ccc(NS(=O)(=O)I)cc3)NC(=O)C(C)(C)C)n2)c(C)c1. The molecule has 1 heterocycles. The van der Waals surface area contributed by atoms with Gasteiger partial charge < -0.3 is 10.1 Å². The number of hydrogen-bond acceptors (Lipinski definition) is 6. The lowest BCUT2D eigenvalue weighted by Gasteiger charge is -2.23. The van der Waals surface area contributed by atoms with Crippen LogP contribution in [0.1, 0.15) is 42.9 Å². The van der Waals surface area contributed by atoms with Crippen molar-refractivity contribution in [1.29, 1.82) is 0 Å². The number of aryl methyl sites for hydroxylation is 1. The van der Waals surface area contributed by atoms with E-state index in [1.165, 1.54) is 32.5 Å². The van der Waals surface area contributed by atoms with Gasteiger partial charge in [0, 0.05) is 22.0 Å². The minimum atomic E-state index is -3.37. The third kappa shape index (κ3) is 7.16. The third-order valence-electron chi connectivity index (χ3n) is 5.15. The van der Waals surface area contributed by atoms with Crippen LogP contribution in [-0.2, 0) is 18.4 Å². The molecule has 3 aromatic rings. The van der Waals surface area contributed by atoms with Gasteiger partial charge in [0.15, 0.2) is 0 Å². The Balaban J connectivity index is 1.89. The van der Waals surface area contributed by atoms with E-state index in [0.29, 0.717) is 12.1 Å². The van der Waals surface area contributed by atoms with Crippen molar-refractivity contribution < 1.29 is 17.9 Å². The van der Waals surface area contributed by atoms with Crippen molar-refractivity contribution in [2.45, 2.75) is 40.2 Å². The number of benzene rings is 2. The highest BCUT2D eigenvalue weighted by Crippen LogP contribution is 2.32. The maximum atomic E-state index is 12.8. The Morgan fingerprint density at radius 1 is 1.18 bits per heavy atom. The van der Waals surface area contributed by atoms with Crippen molar-refractivity contribution in [1.82, 2.24) is 10.3 Å². The Labute approximate surface area is 217 Å². The Morgan fingerprint density at radius 3 is 2.41 bits per heavy atom. The molecule has 1 aromatic heterocycles. The molecule has 0 saturated carbocycles. The van der Waals surface area contributed by atoms with Crippen molar-refractivity contribution in [3.8, 4) is 17.0 Å². The van der Waals surface area contributed by atoms with E-state index in [-0.39, 0.29) is 11.9 Å². The predicted molar refractivity (Wildman–Crippen MR) is 146 cm³/mol. The summed E-state index contributed by atoms with van der Waals surface area (Å²) in [5, 5.41) is 5.95. The van der Waals surface area contributed by atoms with Gasteiger partial charge in [-0.05, 0) is 54.8 Å². The normalized spacial score (nSPS) is 12.8. The lowest BCUT2D eigenvalue weighted by Crippen LogP contribution is -2.38. The quantitative estimate of drug-likeness (QED) is 0.252. The number of nitrogens with zero attached hydrogens (tertiary/aromatic N) is 1. The number of rotatable bonds is 8. The van der Waals surface area contributed by atoms with Gasteiger partial charge in [-0.1, -0.05) is 32.9 Å². The van der Waals surface area contributed by atoms with E-state index in [9.17, 15) is 13.2 Å². The summed E-state index contributed by atoms with van der Waals surface area (Å²) in [6.07, 6.45) is 0.521. The smallest absolute Gasteiger partial charge is 0.286 e. The summed E-state index contributed by atoms with van der Waals surface area (Å²) < 4.78 is 30.7. The van der Waals surface area contributed by atoms with Crippen LogP contribution in [0.3, 0.4) is 0 Å². The number of hydrogen-bond donors (Lipinski definition) is 2. The highest BCUT2D eigenvalue weighted by atomic mass is 127. The summed E-state index contributed by atoms with van der Waals surface area (Å²) in [7, 11) is -1.73. The maximum absolute atomic E-state index is 12.8. The molecule has 0 radical (unpaired) electrons. The van der Waals surface area contributed by atoms with Crippen LogP contribution in [0.4, 0.5) is 5.69 Å². The number of aromatic nitrogens is 1. The van der Waals surface area contributed by atoms with Gasteiger partial charge in [-0.3, -0.25) is 9.52 Å². The first-order valence-corrected chi connectivity index (χ1v) is 15.5. The topological polar surface area (TPSA) is 97.4 Å². The van der Waals surface area contributed by atoms with Crippen LogP contribution in [0.5, 0.6) is 5.75 Å². The summed E-state index contributed by atoms with van der Waals surface area (Å²) in [5.41, 5.74) is 3.81. The first-order chi connectivity index (χ1) is 15.9. The average Bonchev–Trinajstić information content (AvgIpc) is 3.22. The number of amides is 1. The van der Waals surface area contributed by atoms with Crippen molar-refractivity contribution in [2.75, 3.05) is 11.8 Å². The van der Waals surface area contributed by atoms with Gasteiger partial charge in [0.05, 0.1) is 40.1 Å². The van der Waals surface area contributed by atoms with Crippen LogP contribution in [0, 0.1) is 12.3 Å². The van der Waals surface area contributed by atoms with E-state index in [1.807, 2.05) is 63.4 Å². The molecule has 10 heteroatoms. The molecule has 34 heavy (non-hydrogen) atoms. The molecule has 0 bridgehead atoms. The number of halogens is 1. The third-order valence-corrected chi connectivity index (χ3v) is 7.25. The van der Waals surface area contributed by atoms with Gasteiger partial charge in [0.25, 0.3) is 7.19 Å². The van der Waals surface area contributed by atoms with Gasteiger partial charge in [-0.25, -0.2) is 4.98 Å². The number of thiazole rings is 1. The van der Waals surface area contributed by atoms with Crippen molar-refractivity contribution in [3.63, 3.8) is 0 Å². The van der Waals surface area contributed by atoms with E-state index in [1.54, 1.807) is 19.2 Å². The highest BCUT2D eigenvalue weighted by Gasteiger charge is 2.27. The molecule has 1 atom stereocenters. The number of methoxy groups -OCH3 is 1. The molecular formula is C24H28IN3O4S2. The maximum Gasteiger partial charge on any atom is 0.286 e. The van der Waals surface area contributed by atoms with Crippen LogP contribution in [0.2, 0.25) is 0 Å². The summed E-state index contributed by atoms with van der Waals surface area (Å²) in [6.45, 7) is 7.64. The molecule has 2 aromatic carbocycles. The van der Waals surface area contributed by atoms with E-state index in [0.717, 1.165) is 33.1 Å². The van der Waals surface area contributed by atoms with Crippen LogP contribution in [0.25, 0.3) is 11.3 Å². The van der Waals surface area contributed by atoms with Gasteiger partial charge in [0.2, 0.25) is 5.91 Å². The van der Waals surface area contributed by atoms with Crippen molar-refractivity contribution >= 4 is 51.3 Å². The molecule has 182 valence electrons. The largest absolute Gasteiger partial charge is 0.497 e. The number of carbonyl (C=O) groups excluding carboxylic acids is 1. The molecule has 0 aliphatic rings. The fraction of sp³-hybridized carbons (Fsp3) is 0.333. The van der Waals surface area contributed by atoms with Crippen LogP contribution >= 0.6 is 32.5 Å². The van der Waals surface area contributed by atoms with Crippen molar-refractivity contribution in [2.24, 2.45) is 5.41 Å². The van der Waals surface area contributed by atoms with E-state index in [4.69, 9.17) is 9.72 Å².